The lowest BCUT2D eigenvalue weighted by molar-refractivity contribution is 0.390. The van der Waals surface area contributed by atoms with Crippen LogP contribution in [0, 0.1) is 0 Å². The predicted octanol–water partition coefficient (Wildman–Crippen LogP) is 1.47. The standard InChI is InChI=1S/C8H8BO3/c1-2-11-9-12-8-6-4-3-5-7(8)10/h2-6,10H,1H2. The molecular formula is C8H8BO3. The van der Waals surface area contributed by atoms with Crippen LogP contribution in [0.4, 0.5) is 0 Å². The Hall–Kier alpha value is -1.58. The molecule has 1 radical (unpaired) electrons. The minimum atomic E-state index is 0.0708. The van der Waals surface area contributed by atoms with Crippen molar-refractivity contribution in [1.82, 2.24) is 0 Å². The maximum absolute atomic E-state index is 9.18. The van der Waals surface area contributed by atoms with Gasteiger partial charge in [-0.05, 0) is 12.1 Å². The first-order valence-corrected chi connectivity index (χ1v) is 3.37. The molecule has 12 heavy (non-hydrogen) atoms. The highest BCUT2D eigenvalue weighted by molar-refractivity contribution is 6.19. The molecular weight excluding hydrogens is 155 g/mol. The van der Waals surface area contributed by atoms with Gasteiger partial charge in [-0.3, -0.25) is 0 Å². The maximum atomic E-state index is 9.18. The van der Waals surface area contributed by atoms with E-state index in [0.29, 0.717) is 5.75 Å². The number of phenols is 1. The molecule has 0 aliphatic carbocycles. The van der Waals surface area contributed by atoms with Gasteiger partial charge in [-0.1, -0.05) is 18.7 Å². The second-order valence-corrected chi connectivity index (χ2v) is 1.98. The van der Waals surface area contributed by atoms with Gasteiger partial charge in [0.2, 0.25) is 0 Å². The average Bonchev–Trinajstić information content (AvgIpc) is 2.09. The zero-order chi connectivity index (χ0) is 8.81. The molecule has 0 heterocycles. The molecule has 0 aromatic heterocycles. The first-order chi connectivity index (χ1) is 5.84. The zero-order valence-corrected chi connectivity index (χ0v) is 6.43. The first-order valence-electron chi connectivity index (χ1n) is 3.37. The van der Waals surface area contributed by atoms with E-state index in [2.05, 4.69) is 11.2 Å². The van der Waals surface area contributed by atoms with Crippen molar-refractivity contribution in [1.29, 1.82) is 0 Å². The Kier molecular flexibility index (Phi) is 3.08. The third-order valence-electron chi connectivity index (χ3n) is 1.19. The van der Waals surface area contributed by atoms with Gasteiger partial charge in [-0.15, -0.1) is 0 Å². The Balaban J connectivity index is 2.51. The van der Waals surface area contributed by atoms with Gasteiger partial charge in [0.25, 0.3) is 0 Å². The van der Waals surface area contributed by atoms with Crippen LogP contribution in [-0.2, 0) is 4.65 Å². The number of rotatable bonds is 4. The molecule has 0 saturated heterocycles. The molecule has 0 saturated carbocycles. The summed E-state index contributed by atoms with van der Waals surface area (Å²) in [5.41, 5.74) is 0. The Bertz CT molecular complexity index is 262. The molecule has 0 fully saturated rings. The number of hydrogen-bond acceptors (Lipinski definition) is 3. The molecule has 0 atom stereocenters. The van der Waals surface area contributed by atoms with Gasteiger partial charge in [0.15, 0.2) is 5.75 Å². The summed E-state index contributed by atoms with van der Waals surface area (Å²) in [6.45, 7) is 3.32. The second kappa shape index (κ2) is 4.33. The van der Waals surface area contributed by atoms with Crippen LogP contribution < -0.4 is 4.65 Å². The molecule has 0 aliphatic heterocycles. The summed E-state index contributed by atoms with van der Waals surface area (Å²) >= 11 is 0. The average molecular weight is 163 g/mol. The fourth-order valence-corrected chi connectivity index (χ4v) is 0.676. The van der Waals surface area contributed by atoms with Gasteiger partial charge < -0.3 is 14.4 Å². The van der Waals surface area contributed by atoms with Crippen LogP contribution in [0.25, 0.3) is 0 Å². The molecule has 1 aromatic rings. The lowest BCUT2D eigenvalue weighted by Gasteiger charge is -2.04. The van der Waals surface area contributed by atoms with Gasteiger partial charge in [0.05, 0.1) is 6.26 Å². The van der Waals surface area contributed by atoms with E-state index in [1.165, 1.54) is 12.3 Å². The molecule has 1 rings (SSSR count). The van der Waals surface area contributed by atoms with Crippen molar-refractivity contribution in [3.8, 4) is 11.5 Å². The fraction of sp³-hybridized carbons (Fsp3) is 0. The lowest BCUT2D eigenvalue weighted by Crippen LogP contribution is -2.03. The van der Waals surface area contributed by atoms with Crippen molar-refractivity contribution in [3.05, 3.63) is 37.1 Å². The number of phenolic OH excluding ortho intramolecular Hbond substituents is 1. The molecule has 0 amide bonds. The fourth-order valence-electron chi connectivity index (χ4n) is 0.676. The summed E-state index contributed by atoms with van der Waals surface area (Å²) in [7, 11) is 1.09. The highest BCUT2D eigenvalue weighted by Gasteiger charge is 2.01. The third-order valence-corrected chi connectivity index (χ3v) is 1.19. The second-order valence-electron chi connectivity index (χ2n) is 1.98. The lowest BCUT2D eigenvalue weighted by atomic mass is 10.3. The largest absolute Gasteiger partial charge is 0.657 e. The molecule has 0 unspecified atom stereocenters. The minimum absolute atomic E-state index is 0.0708. The Labute approximate surface area is 71.6 Å². The third kappa shape index (κ3) is 2.23. The number of aromatic hydroxyl groups is 1. The quantitative estimate of drug-likeness (QED) is 0.414. The van der Waals surface area contributed by atoms with Gasteiger partial charge >= 0.3 is 7.69 Å². The summed E-state index contributed by atoms with van der Waals surface area (Å²) in [5.74, 6) is 0.417. The van der Waals surface area contributed by atoms with Crippen LogP contribution in [-0.4, -0.2) is 12.8 Å². The maximum Gasteiger partial charge on any atom is 0.657 e. The van der Waals surface area contributed by atoms with Gasteiger partial charge in [-0.25, -0.2) is 0 Å². The van der Waals surface area contributed by atoms with Crippen LogP contribution >= 0.6 is 0 Å². The molecule has 0 bridgehead atoms. The van der Waals surface area contributed by atoms with E-state index >= 15 is 0 Å². The molecule has 0 spiro atoms. The minimum Gasteiger partial charge on any atom is -0.533 e. The van der Waals surface area contributed by atoms with E-state index in [1.807, 2.05) is 0 Å². The summed E-state index contributed by atoms with van der Waals surface area (Å²) in [6, 6.07) is 6.60. The normalized spacial score (nSPS) is 8.67. The number of hydrogen-bond donors (Lipinski definition) is 1. The predicted molar refractivity (Wildman–Crippen MR) is 45.8 cm³/mol. The summed E-state index contributed by atoms with van der Waals surface area (Å²) in [4.78, 5) is 0. The van der Waals surface area contributed by atoms with Gasteiger partial charge in [0.1, 0.15) is 5.75 Å². The van der Waals surface area contributed by atoms with Gasteiger partial charge in [-0.2, -0.15) is 0 Å². The van der Waals surface area contributed by atoms with E-state index in [-0.39, 0.29) is 5.75 Å². The highest BCUT2D eigenvalue weighted by Crippen LogP contribution is 2.23. The van der Waals surface area contributed by atoms with Crippen LogP contribution in [0.2, 0.25) is 0 Å². The van der Waals surface area contributed by atoms with E-state index in [0.717, 1.165) is 7.69 Å². The van der Waals surface area contributed by atoms with E-state index < -0.39 is 0 Å². The Morgan fingerprint density at radius 3 is 2.83 bits per heavy atom. The van der Waals surface area contributed by atoms with Gasteiger partial charge in [0, 0.05) is 0 Å². The van der Waals surface area contributed by atoms with Crippen LogP contribution in [0.3, 0.4) is 0 Å². The van der Waals surface area contributed by atoms with Crippen molar-refractivity contribution in [2.75, 3.05) is 0 Å². The monoisotopic (exact) mass is 163 g/mol. The van der Waals surface area contributed by atoms with Crippen LogP contribution in [0.1, 0.15) is 0 Å². The van der Waals surface area contributed by atoms with E-state index in [1.54, 1.807) is 18.2 Å². The molecule has 1 aromatic carbocycles. The molecule has 3 nitrogen and oxygen atoms in total. The van der Waals surface area contributed by atoms with E-state index in [9.17, 15) is 5.11 Å². The Morgan fingerprint density at radius 1 is 1.42 bits per heavy atom. The molecule has 0 aliphatic rings. The molecule has 61 valence electrons. The smallest absolute Gasteiger partial charge is 0.533 e. The number of para-hydroxylation sites is 2. The summed E-state index contributed by atoms with van der Waals surface area (Å²) in [6.07, 6.45) is 1.22. The molecule has 4 heteroatoms. The van der Waals surface area contributed by atoms with Crippen molar-refractivity contribution in [3.63, 3.8) is 0 Å². The van der Waals surface area contributed by atoms with Crippen LogP contribution in [0.5, 0.6) is 11.5 Å². The summed E-state index contributed by atoms with van der Waals surface area (Å²) in [5, 5.41) is 9.18. The Morgan fingerprint density at radius 2 is 2.17 bits per heavy atom. The van der Waals surface area contributed by atoms with Crippen molar-refractivity contribution < 1.29 is 14.4 Å². The van der Waals surface area contributed by atoms with E-state index in [4.69, 9.17) is 4.65 Å². The van der Waals surface area contributed by atoms with Crippen LogP contribution in [0.15, 0.2) is 37.1 Å². The zero-order valence-electron chi connectivity index (χ0n) is 6.43. The van der Waals surface area contributed by atoms with Crippen molar-refractivity contribution in [2.45, 2.75) is 0 Å². The first kappa shape index (κ1) is 8.52. The molecule has 1 N–H and O–H groups in total. The summed E-state index contributed by atoms with van der Waals surface area (Å²) < 4.78 is 9.51. The topological polar surface area (TPSA) is 38.7 Å². The SMILES string of the molecule is C=CO[B]Oc1ccccc1O. The van der Waals surface area contributed by atoms with Crippen molar-refractivity contribution >= 4 is 7.69 Å². The number of benzene rings is 1. The van der Waals surface area contributed by atoms with Crippen molar-refractivity contribution in [2.24, 2.45) is 0 Å². The highest BCUT2D eigenvalue weighted by atomic mass is 16.6.